The number of ether oxygens (including phenoxy) is 1. The lowest BCUT2D eigenvalue weighted by Gasteiger charge is -2.20. The molecule has 17 heavy (non-hydrogen) atoms. The molecule has 0 N–H and O–H groups in total. The first-order valence-electron chi connectivity index (χ1n) is 5.87. The molecule has 0 spiro atoms. The fourth-order valence-electron chi connectivity index (χ4n) is 2.92. The van der Waals surface area contributed by atoms with E-state index in [4.69, 9.17) is 14.3 Å². The average molecular weight is 238 g/mol. The van der Waals surface area contributed by atoms with Crippen LogP contribution in [-0.2, 0) is 19.1 Å². The van der Waals surface area contributed by atoms with E-state index >= 15 is 0 Å². The van der Waals surface area contributed by atoms with Gasteiger partial charge in [0.05, 0.1) is 13.0 Å². The van der Waals surface area contributed by atoms with Gasteiger partial charge >= 0.3 is 12.1 Å². The van der Waals surface area contributed by atoms with Gasteiger partial charge in [0.1, 0.15) is 0 Å². The maximum Gasteiger partial charge on any atom is 0.373 e. The highest BCUT2D eigenvalue weighted by Gasteiger charge is 2.36. The Bertz CT molecular complexity index is 328. The molecule has 1 saturated carbocycles. The fourth-order valence-corrected chi connectivity index (χ4v) is 2.92. The first-order valence-corrected chi connectivity index (χ1v) is 5.87. The Hall–Kier alpha value is -1.41. The van der Waals surface area contributed by atoms with Gasteiger partial charge in [-0.3, -0.25) is 4.79 Å². The molecule has 0 aromatic carbocycles. The number of hydrogen-bond acceptors (Lipinski definition) is 4. The summed E-state index contributed by atoms with van der Waals surface area (Å²) in [5, 5.41) is 0. The van der Waals surface area contributed by atoms with Gasteiger partial charge in [-0.15, -0.1) is 0 Å². The van der Waals surface area contributed by atoms with E-state index in [-0.39, 0.29) is 18.0 Å². The summed E-state index contributed by atoms with van der Waals surface area (Å²) in [6.45, 7) is 1.97. The predicted octanol–water partition coefficient (Wildman–Crippen LogP) is 1.81. The van der Waals surface area contributed by atoms with E-state index in [2.05, 4.69) is 12.2 Å². The zero-order chi connectivity index (χ0) is 12.8. The van der Waals surface area contributed by atoms with Gasteiger partial charge < -0.3 is 4.74 Å². The van der Waals surface area contributed by atoms with Crippen molar-refractivity contribution in [2.75, 3.05) is 7.11 Å². The summed E-state index contributed by atoms with van der Waals surface area (Å²) in [6.07, 6.45) is 8.52. The first kappa shape index (κ1) is 13.7. The quantitative estimate of drug-likeness (QED) is 0.555. The lowest BCUT2D eigenvalue weighted by Crippen LogP contribution is -2.19. The predicted molar refractivity (Wildman–Crippen MR) is 59.6 cm³/mol. The largest absolute Gasteiger partial charge is 0.469 e. The van der Waals surface area contributed by atoms with Gasteiger partial charge in [-0.05, 0) is 37.0 Å². The maximum absolute atomic E-state index is 11.3. The molecule has 1 fully saturated rings. The molecule has 2 bridgehead atoms. The van der Waals surface area contributed by atoms with Gasteiger partial charge in [-0.2, -0.15) is 9.59 Å². The van der Waals surface area contributed by atoms with Crippen LogP contribution in [0.1, 0.15) is 26.2 Å². The molecular weight excluding hydrogens is 220 g/mol. The van der Waals surface area contributed by atoms with Gasteiger partial charge in [0.15, 0.2) is 0 Å². The van der Waals surface area contributed by atoms with Crippen LogP contribution >= 0.6 is 0 Å². The third kappa shape index (κ3) is 3.53. The van der Waals surface area contributed by atoms with Crippen molar-refractivity contribution >= 4 is 12.1 Å². The number of esters is 1. The number of fused-ring (bicyclic) bond motifs is 2. The first-order chi connectivity index (χ1) is 8.12. The van der Waals surface area contributed by atoms with Crippen LogP contribution in [0.3, 0.4) is 0 Å². The van der Waals surface area contributed by atoms with Crippen LogP contribution in [0.5, 0.6) is 0 Å². The highest BCUT2D eigenvalue weighted by molar-refractivity contribution is 5.71. The molecular formula is C13H18O4. The third-order valence-electron chi connectivity index (χ3n) is 3.68. The van der Waals surface area contributed by atoms with Crippen molar-refractivity contribution < 1.29 is 19.1 Å². The van der Waals surface area contributed by atoms with Crippen LogP contribution < -0.4 is 0 Å². The smallest absolute Gasteiger partial charge is 0.373 e. The molecule has 94 valence electrons. The Labute approximate surface area is 101 Å². The van der Waals surface area contributed by atoms with E-state index in [0.717, 1.165) is 24.2 Å². The fraction of sp³-hybridized carbons (Fsp3) is 0.692. The molecule has 4 atom stereocenters. The third-order valence-corrected chi connectivity index (χ3v) is 3.68. The maximum atomic E-state index is 11.3. The van der Waals surface area contributed by atoms with Gasteiger partial charge in [0, 0.05) is 0 Å². The van der Waals surface area contributed by atoms with Crippen molar-refractivity contribution in [3.8, 4) is 0 Å². The molecule has 4 nitrogen and oxygen atoms in total. The van der Waals surface area contributed by atoms with Crippen molar-refractivity contribution in [3.05, 3.63) is 12.2 Å². The molecule has 2 rings (SSSR count). The van der Waals surface area contributed by atoms with Crippen LogP contribution in [-0.4, -0.2) is 19.2 Å². The molecule has 4 unspecified atom stereocenters. The number of methoxy groups -OCH3 is 1. The molecule has 0 amide bonds. The Kier molecular flexibility index (Phi) is 5.11. The summed E-state index contributed by atoms with van der Waals surface area (Å²) in [5.41, 5.74) is 0. The van der Waals surface area contributed by atoms with E-state index in [1.807, 2.05) is 6.92 Å². The molecule has 0 heterocycles. The summed E-state index contributed by atoms with van der Waals surface area (Å²) < 4.78 is 4.75. The minimum absolute atomic E-state index is 0.0586. The van der Waals surface area contributed by atoms with Crippen LogP contribution in [0.25, 0.3) is 0 Å². The second kappa shape index (κ2) is 6.36. The van der Waals surface area contributed by atoms with Crippen molar-refractivity contribution in [1.29, 1.82) is 0 Å². The Morgan fingerprint density at radius 1 is 1.41 bits per heavy atom. The lowest BCUT2D eigenvalue weighted by molar-refractivity contribution is -0.191. The van der Waals surface area contributed by atoms with Crippen LogP contribution in [0, 0.1) is 23.7 Å². The van der Waals surface area contributed by atoms with E-state index in [0.29, 0.717) is 0 Å². The highest BCUT2D eigenvalue weighted by Crippen LogP contribution is 2.45. The molecule has 2 aliphatic carbocycles. The summed E-state index contributed by atoms with van der Waals surface area (Å²) >= 11 is 0. The molecule has 4 heteroatoms. The van der Waals surface area contributed by atoms with E-state index in [1.54, 1.807) is 0 Å². The van der Waals surface area contributed by atoms with Crippen molar-refractivity contribution in [2.45, 2.75) is 26.2 Å². The summed E-state index contributed by atoms with van der Waals surface area (Å²) in [7, 11) is 1.47. The number of carbonyl (C=O) groups excluding carboxylic acids is 3. The normalized spacial score (nSPS) is 30.1. The van der Waals surface area contributed by atoms with Crippen molar-refractivity contribution in [2.24, 2.45) is 23.7 Å². The SMILES string of the molecule is COC(=O)C(C)CC1CC2C=CC1C2.O=C=O. The van der Waals surface area contributed by atoms with Crippen LogP contribution in [0.4, 0.5) is 0 Å². The standard InChI is InChI=1S/C12H18O2.CO2/c1-8(12(13)14-2)5-11-7-9-3-4-10(11)6-9;2-1-3/h3-4,8-11H,5-7H2,1-2H3;. The Morgan fingerprint density at radius 3 is 2.47 bits per heavy atom. The number of allylic oxidation sites excluding steroid dienone is 2. The van der Waals surface area contributed by atoms with Gasteiger partial charge in [-0.25, -0.2) is 0 Å². The Balaban J connectivity index is 0.000000437. The topological polar surface area (TPSA) is 60.4 Å². The van der Waals surface area contributed by atoms with Gasteiger partial charge in [-0.1, -0.05) is 19.1 Å². The molecule has 0 radical (unpaired) electrons. The Morgan fingerprint density at radius 2 is 2.06 bits per heavy atom. The molecule has 0 aromatic heterocycles. The van der Waals surface area contributed by atoms with Gasteiger partial charge in [0.2, 0.25) is 0 Å². The van der Waals surface area contributed by atoms with Crippen molar-refractivity contribution in [3.63, 3.8) is 0 Å². The molecule has 0 aromatic rings. The highest BCUT2D eigenvalue weighted by atomic mass is 16.5. The number of rotatable bonds is 3. The summed E-state index contributed by atoms with van der Waals surface area (Å²) in [6, 6.07) is 0. The minimum Gasteiger partial charge on any atom is -0.469 e. The monoisotopic (exact) mass is 238 g/mol. The van der Waals surface area contributed by atoms with E-state index < -0.39 is 0 Å². The second-order valence-corrected chi connectivity index (χ2v) is 4.78. The van der Waals surface area contributed by atoms with Gasteiger partial charge in [0.25, 0.3) is 0 Å². The molecule has 2 aliphatic rings. The van der Waals surface area contributed by atoms with Crippen LogP contribution in [0.2, 0.25) is 0 Å². The summed E-state index contributed by atoms with van der Waals surface area (Å²) in [4.78, 5) is 27.5. The average Bonchev–Trinajstić information content (AvgIpc) is 2.90. The summed E-state index contributed by atoms with van der Waals surface area (Å²) in [5.74, 6) is 2.27. The second-order valence-electron chi connectivity index (χ2n) is 4.78. The zero-order valence-corrected chi connectivity index (χ0v) is 10.2. The number of carbonyl (C=O) groups is 1. The van der Waals surface area contributed by atoms with Crippen LogP contribution in [0.15, 0.2) is 12.2 Å². The molecule has 0 aliphatic heterocycles. The zero-order valence-electron chi connectivity index (χ0n) is 10.2. The van der Waals surface area contributed by atoms with E-state index in [9.17, 15) is 4.79 Å². The number of hydrogen-bond donors (Lipinski definition) is 0. The molecule has 0 saturated heterocycles. The minimum atomic E-state index is -0.0586. The van der Waals surface area contributed by atoms with E-state index in [1.165, 1.54) is 20.0 Å². The van der Waals surface area contributed by atoms with Crippen molar-refractivity contribution in [1.82, 2.24) is 0 Å². The lowest BCUT2D eigenvalue weighted by atomic mass is 9.86.